The van der Waals surface area contributed by atoms with E-state index in [-0.39, 0.29) is 5.91 Å². The maximum atomic E-state index is 12.0. The number of hydrogen-bond acceptors (Lipinski definition) is 3. The molecule has 0 aliphatic heterocycles. The number of rotatable bonds is 5. The van der Waals surface area contributed by atoms with Crippen LogP contribution in [0.25, 0.3) is 17.3 Å². The first-order chi connectivity index (χ1) is 12.2. The van der Waals surface area contributed by atoms with E-state index in [1.807, 2.05) is 36.4 Å². The van der Waals surface area contributed by atoms with Gasteiger partial charge in [-0.15, -0.1) is 0 Å². The molecule has 0 bridgehead atoms. The first-order valence-electron chi connectivity index (χ1n) is 7.78. The molecule has 3 rings (SSSR count). The second-order valence-electron chi connectivity index (χ2n) is 5.36. The maximum absolute atomic E-state index is 12.0. The topological polar surface area (TPSA) is 54.9 Å². The van der Waals surface area contributed by atoms with E-state index in [0.717, 1.165) is 22.4 Å². The smallest absolute Gasteiger partial charge is 0.244 e. The van der Waals surface area contributed by atoms with Crippen LogP contribution in [-0.4, -0.2) is 15.9 Å². The number of amides is 1. The number of benzene rings is 1. The van der Waals surface area contributed by atoms with Crippen molar-refractivity contribution in [1.82, 2.24) is 15.3 Å². The average Bonchev–Trinajstić information content (AvgIpc) is 2.67. The van der Waals surface area contributed by atoms with Gasteiger partial charge in [-0.1, -0.05) is 29.8 Å². The lowest BCUT2D eigenvalue weighted by Gasteiger charge is -2.08. The van der Waals surface area contributed by atoms with Crippen molar-refractivity contribution in [2.75, 3.05) is 0 Å². The van der Waals surface area contributed by atoms with Crippen molar-refractivity contribution in [3.05, 3.63) is 89.3 Å². The van der Waals surface area contributed by atoms with Gasteiger partial charge < -0.3 is 5.32 Å². The standard InChI is InChI=1S/C20H16ClN3O/c21-18-8-5-15(6-9-18)7-10-19(25)24-14-17-4-2-12-23-20(17)16-3-1-11-22-13-16/h1-13H,14H2,(H,24,25)/b10-7+. The molecule has 0 saturated carbocycles. The van der Waals surface area contributed by atoms with Gasteiger partial charge in [0.15, 0.2) is 0 Å². The molecule has 1 aromatic carbocycles. The Morgan fingerprint density at radius 3 is 2.64 bits per heavy atom. The Hall–Kier alpha value is -2.98. The highest BCUT2D eigenvalue weighted by Crippen LogP contribution is 2.19. The van der Waals surface area contributed by atoms with Crippen LogP contribution >= 0.6 is 11.6 Å². The predicted octanol–water partition coefficient (Wildman–Crippen LogP) is 4.13. The number of hydrogen-bond donors (Lipinski definition) is 1. The van der Waals surface area contributed by atoms with E-state index >= 15 is 0 Å². The lowest BCUT2D eigenvalue weighted by Crippen LogP contribution is -2.20. The SMILES string of the molecule is O=C(/C=C/c1ccc(Cl)cc1)NCc1cccnc1-c1cccnc1. The summed E-state index contributed by atoms with van der Waals surface area (Å²) in [5.74, 6) is -0.170. The fourth-order valence-corrected chi connectivity index (χ4v) is 2.46. The summed E-state index contributed by atoms with van der Waals surface area (Å²) in [6.07, 6.45) is 8.46. The average molecular weight is 350 g/mol. The van der Waals surface area contributed by atoms with Crippen molar-refractivity contribution < 1.29 is 4.79 Å². The second-order valence-corrected chi connectivity index (χ2v) is 5.79. The van der Waals surface area contributed by atoms with Crippen LogP contribution in [0.5, 0.6) is 0 Å². The monoisotopic (exact) mass is 349 g/mol. The minimum atomic E-state index is -0.170. The molecule has 124 valence electrons. The third kappa shape index (κ3) is 4.75. The molecule has 0 fully saturated rings. The van der Waals surface area contributed by atoms with Gasteiger partial charge in [0, 0.05) is 41.8 Å². The molecule has 0 radical (unpaired) electrons. The number of carbonyl (C=O) groups excluding carboxylic acids is 1. The van der Waals surface area contributed by atoms with Gasteiger partial charge in [-0.25, -0.2) is 0 Å². The van der Waals surface area contributed by atoms with Crippen molar-refractivity contribution in [2.45, 2.75) is 6.54 Å². The maximum Gasteiger partial charge on any atom is 0.244 e. The van der Waals surface area contributed by atoms with Crippen LogP contribution in [0.15, 0.2) is 73.2 Å². The molecule has 0 spiro atoms. The highest BCUT2D eigenvalue weighted by Gasteiger charge is 2.07. The number of pyridine rings is 2. The number of nitrogens with one attached hydrogen (secondary N) is 1. The van der Waals surface area contributed by atoms with Crippen molar-refractivity contribution in [1.29, 1.82) is 0 Å². The zero-order chi connectivity index (χ0) is 17.5. The molecule has 25 heavy (non-hydrogen) atoms. The minimum absolute atomic E-state index is 0.170. The van der Waals surface area contributed by atoms with Gasteiger partial charge in [0.25, 0.3) is 0 Å². The van der Waals surface area contributed by atoms with E-state index in [1.54, 1.807) is 36.8 Å². The lowest BCUT2D eigenvalue weighted by atomic mass is 10.1. The fraction of sp³-hybridized carbons (Fsp3) is 0.0500. The van der Waals surface area contributed by atoms with Gasteiger partial charge in [-0.3, -0.25) is 14.8 Å². The van der Waals surface area contributed by atoms with E-state index < -0.39 is 0 Å². The van der Waals surface area contributed by atoms with Gasteiger partial charge in [-0.2, -0.15) is 0 Å². The Morgan fingerprint density at radius 2 is 1.88 bits per heavy atom. The van der Waals surface area contributed by atoms with Crippen LogP contribution in [-0.2, 0) is 11.3 Å². The lowest BCUT2D eigenvalue weighted by molar-refractivity contribution is -0.116. The molecule has 0 aliphatic carbocycles. The highest BCUT2D eigenvalue weighted by atomic mass is 35.5. The van der Waals surface area contributed by atoms with Crippen LogP contribution < -0.4 is 5.32 Å². The number of nitrogens with zero attached hydrogens (tertiary/aromatic N) is 2. The Bertz CT molecular complexity index is 877. The summed E-state index contributed by atoms with van der Waals surface area (Å²) in [6, 6.07) is 14.9. The first-order valence-corrected chi connectivity index (χ1v) is 8.16. The fourth-order valence-electron chi connectivity index (χ4n) is 2.33. The second kappa shape index (κ2) is 8.22. The molecule has 0 atom stereocenters. The van der Waals surface area contributed by atoms with Crippen LogP contribution in [0.1, 0.15) is 11.1 Å². The van der Waals surface area contributed by atoms with Gasteiger partial charge >= 0.3 is 0 Å². The van der Waals surface area contributed by atoms with Gasteiger partial charge in [-0.05, 0) is 47.5 Å². The van der Waals surface area contributed by atoms with Crippen LogP contribution in [0.4, 0.5) is 0 Å². The molecule has 4 nitrogen and oxygen atoms in total. The Labute approximate surface area is 151 Å². The van der Waals surface area contributed by atoms with Gasteiger partial charge in [0.1, 0.15) is 0 Å². The summed E-state index contributed by atoms with van der Waals surface area (Å²) in [4.78, 5) is 20.6. The third-order valence-corrected chi connectivity index (χ3v) is 3.83. The summed E-state index contributed by atoms with van der Waals surface area (Å²) in [7, 11) is 0. The molecular weight excluding hydrogens is 334 g/mol. The van der Waals surface area contributed by atoms with E-state index in [4.69, 9.17) is 11.6 Å². The van der Waals surface area contributed by atoms with Crippen molar-refractivity contribution in [3.8, 4) is 11.3 Å². The Balaban J connectivity index is 1.66. The van der Waals surface area contributed by atoms with E-state index in [9.17, 15) is 4.79 Å². The van der Waals surface area contributed by atoms with Crippen LogP contribution in [0.2, 0.25) is 5.02 Å². The van der Waals surface area contributed by atoms with Gasteiger partial charge in [0.05, 0.1) is 5.69 Å². The minimum Gasteiger partial charge on any atom is -0.348 e. The quantitative estimate of drug-likeness (QED) is 0.705. The number of carbonyl (C=O) groups is 1. The van der Waals surface area contributed by atoms with Crippen LogP contribution in [0, 0.1) is 0 Å². The molecule has 2 heterocycles. The first kappa shape index (κ1) is 16.9. The van der Waals surface area contributed by atoms with Crippen molar-refractivity contribution >= 4 is 23.6 Å². The molecule has 5 heteroatoms. The summed E-state index contributed by atoms with van der Waals surface area (Å²) in [6.45, 7) is 0.391. The molecule has 0 aliphatic rings. The molecule has 0 saturated heterocycles. The summed E-state index contributed by atoms with van der Waals surface area (Å²) in [5.41, 5.74) is 3.59. The summed E-state index contributed by atoms with van der Waals surface area (Å²) in [5, 5.41) is 3.55. The summed E-state index contributed by atoms with van der Waals surface area (Å²) < 4.78 is 0. The van der Waals surface area contributed by atoms with E-state index in [1.165, 1.54) is 6.08 Å². The van der Waals surface area contributed by atoms with Crippen molar-refractivity contribution in [2.24, 2.45) is 0 Å². The van der Waals surface area contributed by atoms with Gasteiger partial charge in [0.2, 0.25) is 5.91 Å². The molecule has 0 unspecified atom stereocenters. The van der Waals surface area contributed by atoms with Crippen molar-refractivity contribution in [3.63, 3.8) is 0 Å². The van der Waals surface area contributed by atoms with E-state index in [2.05, 4.69) is 15.3 Å². The molecule has 3 aromatic rings. The summed E-state index contributed by atoms with van der Waals surface area (Å²) >= 11 is 5.84. The largest absolute Gasteiger partial charge is 0.348 e. The highest BCUT2D eigenvalue weighted by molar-refractivity contribution is 6.30. The predicted molar refractivity (Wildman–Crippen MR) is 99.8 cm³/mol. The molecule has 2 aromatic heterocycles. The van der Waals surface area contributed by atoms with E-state index in [0.29, 0.717) is 11.6 Å². The Kier molecular flexibility index (Phi) is 5.54. The Morgan fingerprint density at radius 1 is 1.08 bits per heavy atom. The zero-order valence-corrected chi connectivity index (χ0v) is 14.1. The zero-order valence-electron chi connectivity index (χ0n) is 13.4. The molecule has 1 amide bonds. The van der Waals surface area contributed by atoms with Crippen LogP contribution in [0.3, 0.4) is 0 Å². The third-order valence-electron chi connectivity index (χ3n) is 3.58. The normalized spacial score (nSPS) is 10.8. The molecular formula is C20H16ClN3O. The number of aromatic nitrogens is 2. The number of halogens is 1. The molecule has 1 N–H and O–H groups in total.